The number of fused-ring (bicyclic) bond motifs is 1. The van der Waals surface area contributed by atoms with Crippen LogP contribution in [0.1, 0.15) is 16.1 Å². The van der Waals surface area contributed by atoms with Gasteiger partial charge in [-0.1, -0.05) is 0 Å². The SMILES string of the molecule is COCCOc1ncccc1NC(=O)c1cc(-c2ccco2)nc2c1c(C)nn2C. The Morgan fingerprint density at radius 1 is 1.27 bits per heavy atom. The summed E-state index contributed by atoms with van der Waals surface area (Å²) in [6.07, 6.45) is 3.16. The minimum atomic E-state index is -0.323. The van der Waals surface area contributed by atoms with Gasteiger partial charge in [-0.3, -0.25) is 9.48 Å². The van der Waals surface area contributed by atoms with E-state index in [0.29, 0.717) is 58.5 Å². The number of aromatic nitrogens is 4. The summed E-state index contributed by atoms with van der Waals surface area (Å²) >= 11 is 0. The average Bonchev–Trinajstić information content (AvgIpc) is 3.37. The van der Waals surface area contributed by atoms with E-state index < -0.39 is 0 Å². The number of hydrogen-bond donors (Lipinski definition) is 1. The number of nitrogens with one attached hydrogen (secondary N) is 1. The molecule has 0 aliphatic rings. The van der Waals surface area contributed by atoms with Gasteiger partial charge in [-0.2, -0.15) is 5.10 Å². The number of ether oxygens (including phenoxy) is 2. The van der Waals surface area contributed by atoms with Gasteiger partial charge in [0.05, 0.1) is 29.5 Å². The van der Waals surface area contributed by atoms with Crippen molar-refractivity contribution in [2.24, 2.45) is 7.05 Å². The summed E-state index contributed by atoms with van der Waals surface area (Å²) in [7, 11) is 3.38. The number of carbonyl (C=O) groups is 1. The third kappa shape index (κ3) is 3.74. The summed E-state index contributed by atoms with van der Waals surface area (Å²) in [4.78, 5) is 22.1. The maximum Gasteiger partial charge on any atom is 0.256 e. The fourth-order valence-electron chi connectivity index (χ4n) is 3.19. The predicted octanol–water partition coefficient (Wildman–Crippen LogP) is 3.21. The smallest absolute Gasteiger partial charge is 0.256 e. The topological polar surface area (TPSA) is 104 Å². The highest BCUT2D eigenvalue weighted by Gasteiger charge is 2.21. The number of furan rings is 1. The Morgan fingerprint density at radius 2 is 2.13 bits per heavy atom. The summed E-state index contributed by atoms with van der Waals surface area (Å²) in [6.45, 7) is 2.58. The Balaban J connectivity index is 1.73. The molecule has 9 heteroatoms. The second kappa shape index (κ2) is 8.34. The molecule has 0 aliphatic carbocycles. The van der Waals surface area contributed by atoms with Crippen molar-refractivity contribution in [1.82, 2.24) is 19.7 Å². The lowest BCUT2D eigenvalue weighted by Gasteiger charge is -2.12. The van der Waals surface area contributed by atoms with E-state index in [4.69, 9.17) is 13.9 Å². The van der Waals surface area contributed by atoms with Crippen molar-refractivity contribution in [3.8, 4) is 17.3 Å². The molecule has 0 saturated heterocycles. The summed E-state index contributed by atoms with van der Waals surface area (Å²) in [5, 5.41) is 7.99. The van der Waals surface area contributed by atoms with Crippen molar-refractivity contribution < 1.29 is 18.7 Å². The van der Waals surface area contributed by atoms with E-state index in [0.717, 1.165) is 0 Å². The standard InChI is InChI=1S/C21H21N5O4/c1-13-18-14(12-16(17-7-5-9-29-17)23-19(18)26(2)25-13)20(27)24-15-6-4-8-22-21(15)30-11-10-28-3/h4-9,12H,10-11H2,1-3H3,(H,24,27). The fourth-order valence-corrected chi connectivity index (χ4v) is 3.19. The molecule has 1 amide bonds. The number of rotatable bonds is 7. The fraction of sp³-hybridized carbons (Fsp3) is 0.238. The van der Waals surface area contributed by atoms with E-state index in [1.165, 1.54) is 0 Å². The average molecular weight is 407 g/mol. The van der Waals surface area contributed by atoms with Crippen LogP contribution in [0, 0.1) is 6.92 Å². The van der Waals surface area contributed by atoms with Crippen LogP contribution in [0.2, 0.25) is 0 Å². The number of pyridine rings is 2. The Kier molecular flexibility index (Phi) is 5.44. The number of hydrogen-bond acceptors (Lipinski definition) is 7. The molecule has 0 fully saturated rings. The molecular formula is C21H21N5O4. The van der Waals surface area contributed by atoms with Crippen molar-refractivity contribution in [2.75, 3.05) is 25.6 Å². The molecule has 9 nitrogen and oxygen atoms in total. The molecule has 30 heavy (non-hydrogen) atoms. The molecule has 0 unspecified atom stereocenters. The Hall–Kier alpha value is -3.72. The minimum absolute atomic E-state index is 0.320. The normalized spacial score (nSPS) is 11.0. The molecular weight excluding hydrogens is 386 g/mol. The van der Waals surface area contributed by atoms with Crippen LogP contribution >= 0.6 is 0 Å². The number of methoxy groups -OCH3 is 1. The van der Waals surface area contributed by atoms with Gasteiger partial charge in [0.25, 0.3) is 5.91 Å². The molecule has 4 aromatic heterocycles. The van der Waals surface area contributed by atoms with Gasteiger partial charge in [0.2, 0.25) is 5.88 Å². The van der Waals surface area contributed by atoms with Gasteiger partial charge in [-0.25, -0.2) is 9.97 Å². The minimum Gasteiger partial charge on any atom is -0.474 e. The van der Waals surface area contributed by atoms with Crippen molar-refractivity contribution in [3.05, 3.63) is 54.0 Å². The van der Waals surface area contributed by atoms with E-state index in [2.05, 4.69) is 20.4 Å². The molecule has 1 N–H and O–H groups in total. The molecule has 0 spiro atoms. The summed E-state index contributed by atoms with van der Waals surface area (Å²) in [6, 6.07) is 8.73. The number of carbonyl (C=O) groups excluding carboxylic acids is 1. The Labute approximate surface area is 172 Å². The molecule has 0 atom stereocenters. The molecule has 4 aromatic rings. The number of anilines is 1. The lowest BCUT2D eigenvalue weighted by Crippen LogP contribution is -2.15. The van der Waals surface area contributed by atoms with Gasteiger partial charge in [-0.15, -0.1) is 0 Å². The zero-order chi connectivity index (χ0) is 21.1. The molecule has 4 rings (SSSR count). The first-order valence-electron chi connectivity index (χ1n) is 9.35. The Morgan fingerprint density at radius 3 is 2.90 bits per heavy atom. The monoisotopic (exact) mass is 407 g/mol. The van der Waals surface area contributed by atoms with Gasteiger partial charge < -0.3 is 19.2 Å². The zero-order valence-electron chi connectivity index (χ0n) is 16.9. The van der Waals surface area contributed by atoms with Crippen molar-refractivity contribution in [1.29, 1.82) is 0 Å². The maximum absolute atomic E-state index is 13.3. The van der Waals surface area contributed by atoms with Crippen LogP contribution in [0.4, 0.5) is 5.69 Å². The highest BCUT2D eigenvalue weighted by Crippen LogP contribution is 2.29. The largest absolute Gasteiger partial charge is 0.474 e. The quantitative estimate of drug-likeness (QED) is 0.469. The van der Waals surface area contributed by atoms with E-state index in [1.54, 1.807) is 61.6 Å². The van der Waals surface area contributed by atoms with Crippen LogP contribution in [-0.2, 0) is 11.8 Å². The van der Waals surface area contributed by atoms with Gasteiger partial charge in [-0.05, 0) is 37.3 Å². The van der Waals surface area contributed by atoms with Gasteiger partial charge >= 0.3 is 0 Å². The molecule has 0 aromatic carbocycles. The van der Waals surface area contributed by atoms with Crippen LogP contribution in [0.15, 0.2) is 47.2 Å². The van der Waals surface area contributed by atoms with Gasteiger partial charge in [0, 0.05) is 20.4 Å². The lowest BCUT2D eigenvalue weighted by atomic mass is 10.1. The number of nitrogens with zero attached hydrogens (tertiary/aromatic N) is 4. The summed E-state index contributed by atoms with van der Waals surface area (Å²) in [5.74, 6) is 0.563. The van der Waals surface area contributed by atoms with Crippen LogP contribution in [0.5, 0.6) is 5.88 Å². The molecule has 4 heterocycles. The molecule has 154 valence electrons. The highest BCUT2D eigenvalue weighted by molar-refractivity contribution is 6.13. The third-order valence-electron chi connectivity index (χ3n) is 4.53. The zero-order valence-corrected chi connectivity index (χ0v) is 16.9. The maximum atomic E-state index is 13.3. The van der Waals surface area contributed by atoms with E-state index in [1.807, 2.05) is 6.92 Å². The van der Waals surface area contributed by atoms with Crippen LogP contribution in [0.3, 0.4) is 0 Å². The first kappa shape index (κ1) is 19.6. The van der Waals surface area contributed by atoms with E-state index in [9.17, 15) is 4.79 Å². The first-order chi connectivity index (χ1) is 14.6. The lowest BCUT2D eigenvalue weighted by molar-refractivity contribution is 0.102. The third-order valence-corrected chi connectivity index (χ3v) is 4.53. The van der Waals surface area contributed by atoms with Crippen molar-refractivity contribution in [2.45, 2.75) is 6.92 Å². The first-order valence-corrected chi connectivity index (χ1v) is 9.35. The molecule has 0 saturated carbocycles. The van der Waals surface area contributed by atoms with Crippen LogP contribution < -0.4 is 10.1 Å². The van der Waals surface area contributed by atoms with Gasteiger partial charge in [0.1, 0.15) is 18.0 Å². The Bertz CT molecular complexity index is 1180. The van der Waals surface area contributed by atoms with Crippen LogP contribution in [0.25, 0.3) is 22.5 Å². The second-order valence-corrected chi connectivity index (χ2v) is 6.59. The summed E-state index contributed by atoms with van der Waals surface area (Å²) < 4.78 is 17.7. The molecule has 0 radical (unpaired) electrons. The number of aryl methyl sites for hydroxylation is 2. The summed E-state index contributed by atoms with van der Waals surface area (Å²) in [5.41, 5.74) is 2.74. The van der Waals surface area contributed by atoms with Crippen molar-refractivity contribution in [3.63, 3.8) is 0 Å². The van der Waals surface area contributed by atoms with Crippen molar-refractivity contribution >= 4 is 22.6 Å². The predicted molar refractivity (Wildman–Crippen MR) is 111 cm³/mol. The second-order valence-electron chi connectivity index (χ2n) is 6.59. The highest BCUT2D eigenvalue weighted by atomic mass is 16.5. The van der Waals surface area contributed by atoms with E-state index in [-0.39, 0.29) is 5.91 Å². The van der Waals surface area contributed by atoms with Gasteiger partial charge in [0.15, 0.2) is 11.4 Å². The molecule has 0 bridgehead atoms. The number of amides is 1. The van der Waals surface area contributed by atoms with E-state index >= 15 is 0 Å². The van der Waals surface area contributed by atoms with Crippen LogP contribution in [-0.4, -0.2) is 46.0 Å². The molecule has 0 aliphatic heterocycles.